The van der Waals surface area contributed by atoms with Crippen LogP contribution < -0.4 is 5.32 Å². The van der Waals surface area contributed by atoms with Crippen LogP contribution in [0, 0.1) is 5.92 Å². The van der Waals surface area contributed by atoms with Gasteiger partial charge in [0.2, 0.25) is 0 Å². The summed E-state index contributed by atoms with van der Waals surface area (Å²) in [5.41, 5.74) is 0. The molecule has 1 fully saturated rings. The molecule has 1 N–H and O–H groups in total. The number of hydrogen-bond donors (Lipinski definition) is 1. The first-order chi connectivity index (χ1) is 7.72. The first kappa shape index (κ1) is 13.9. The highest BCUT2D eigenvalue weighted by molar-refractivity contribution is 4.73. The van der Waals surface area contributed by atoms with Gasteiger partial charge < -0.3 is 15.0 Å². The van der Waals surface area contributed by atoms with E-state index in [0.717, 1.165) is 25.5 Å². The summed E-state index contributed by atoms with van der Waals surface area (Å²) in [5.74, 6) is 0.785. The number of nitrogens with zero attached hydrogens (tertiary/aromatic N) is 1. The lowest BCUT2D eigenvalue weighted by molar-refractivity contribution is 0.00479. The Bertz CT molecular complexity index is 171. The van der Waals surface area contributed by atoms with E-state index in [1.54, 1.807) is 0 Å². The van der Waals surface area contributed by atoms with Crippen molar-refractivity contribution in [1.29, 1.82) is 0 Å². The predicted octanol–water partition coefficient (Wildman–Crippen LogP) is 1.98. The molecular weight excluding hydrogens is 200 g/mol. The quantitative estimate of drug-likeness (QED) is 0.677. The van der Waals surface area contributed by atoms with Gasteiger partial charge in [0.15, 0.2) is 0 Å². The van der Waals surface area contributed by atoms with Crippen LogP contribution in [0.2, 0.25) is 0 Å². The van der Waals surface area contributed by atoms with Gasteiger partial charge in [0.05, 0.1) is 6.10 Å². The maximum absolute atomic E-state index is 5.87. The van der Waals surface area contributed by atoms with E-state index in [9.17, 15) is 0 Å². The van der Waals surface area contributed by atoms with E-state index < -0.39 is 0 Å². The lowest BCUT2D eigenvalue weighted by atomic mass is 10.1. The Balaban J connectivity index is 0.00000256. The molecule has 1 aliphatic heterocycles. The molecule has 0 saturated carbocycles. The highest BCUT2D eigenvalue weighted by Crippen LogP contribution is 2.14. The third kappa shape index (κ3) is 5.83. The van der Waals surface area contributed by atoms with Crippen LogP contribution in [-0.4, -0.2) is 50.8 Å². The van der Waals surface area contributed by atoms with Gasteiger partial charge in [-0.2, -0.15) is 0 Å². The number of rotatable bonds is 7. The van der Waals surface area contributed by atoms with Gasteiger partial charge in [-0.1, -0.05) is 13.8 Å². The molecule has 0 spiro atoms. The number of hydrogen-bond acceptors (Lipinski definition) is 3. The van der Waals surface area contributed by atoms with E-state index in [1.807, 2.05) is 7.05 Å². The van der Waals surface area contributed by atoms with Crippen molar-refractivity contribution >= 4 is 0 Å². The second-order valence-corrected chi connectivity index (χ2v) is 5.22. The minimum atomic E-state index is 0. The molecule has 0 bridgehead atoms. The molecule has 0 aromatic carbocycles. The van der Waals surface area contributed by atoms with Gasteiger partial charge in [-0.25, -0.2) is 0 Å². The summed E-state index contributed by atoms with van der Waals surface area (Å²) in [4.78, 5) is 2.57. The Kier molecular flexibility index (Phi) is 7.01. The summed E-state index contributed by atoms with van der Waals surface area (Å²) in [6, 6.07) is 0. The summed E-state index contributed by atoms with van der Waals surface area (Å²) >= 11 is 0. The van der Waals surface area contributed by atoms with Gasteiger partial charge in [-0.3, -0.25) is 0 Å². The molecule has 0 radical (unpaired) electrons. The average molecular weight is 230 g/mol. The molecule has 1 rings (SSSR count). The van der Waals surface area contributed by atoms with E-state index in [0.29, 0.717) is 6.10 Å². The standard InChI is InChI=1S/C13H28N2O.H2/c1-12(2)11-15-8-5-13(6-9-15)16-10-4-7-14-3;/h12-14H,4-11H2,1-3H3;1H. The van der Waals surface area contributed by atoms with Crippen LogP contribution in [0.15, 0.2) is 0 Å². The molecule has 98 valence electrons. The van der Waals surface area contributed by atoms with Crippen LogP contribution in [0.1, 0.15) is 34.5 Å². The van der Waals surface area contributed by atoms with Crippen molar-refractivity contribution in [3.8, 4) is 0 Å². The fourth-order valence-electron chi connectivity index (χ4n) is 2.27. The average Bonchev–Trinajstić information content (AvgIpc) is 2.26. The summed E-state index contributed by atoms with van der Waals surface area (Å²) in [7, 11) is 1.99. The molecule has 1 heterocycles. The Morgan fingerprint density at radius 1 is 1.38 bits per heavy atom. The highest BCUT2D eigenvalue weighted by Gasteiger charge is 2.19. The summed E-state index contributed by atoms with van der Waals surface area (Å²) in [6.07, 6.45) is 4.07. The Hall–Kier alpha value is -0.120. The van der Waals surface area contributed by atoms with E-state index in [-0.39, 0.29) is 1.43 Å². The lowest BCUT2D eigenvalue weighted by Crippen LogP contribution is -2.39. The van der Waals surface area contributed by atoms with Crippen molar-refractivity contribution in [1.82, 2.24) is 10.2 Å². The summed E-state index contributed by atoms with van der Waals surface area (Å²) in [6.45, 7) is 10.2. The molecule has 3 nitrogen and oxygen atoms in total. The maximum atomic E-state index is 5.87. The molecule has 0 aliphatic carbocycles. The number of ether oxygens (including phenoxy) is 1. The third-order valence-electron chi connectivity index (χ3n) is 3.08. The molecule has 0 atom stereocenters. The van der Waals surface area contributed by atoms with Gasteiger partial charge in [0.1, 0.15) is 0 Å². The van der Waals surface area contributed by atoms with E-state index >= 15 is 0 Å². The third-order valence-corrected chi connectivity index (χ3v) is 3.08. The van der Waals surface area contributed by atoms with Crippen molar-refractivity contribution in [2.75, 3.05) is 39.8 Å². The van der Waals surface area contributed by atoms with Crippen molar-refractivity contribution in [3.63, 3.8) is 0 Å². The molecule has 0 amide bonds. The first-order valence-corrected chi connectivity index (χ1v) is 6.71. The normalized spacial score (nSPS) is 19.5. The van der Waals surface area contributed by atoms with Gasteiger partial charge >= 0.3 is 0 Å². The van der Waals surface area contributed by atoms with Crippen LogP contribution >= 0.6 is 0 Å². The fourth-order valence-corrected chi connectivity index (χ4v) is 2.27. The Morgan fingerprint density at radius 2 is 2.06 bits per heavy atom. The molecule has 1 saturated heterocycles. The van der Waals surface area contributed by atoms with Crippen molar-refractivity contribution in [2.24, 2.45) is 5.92 Å². The fraction of sp³-hybridized carbons (Fsp3) is 1.00. The van der Waals surface area contributed by atoms with E-state index in [2.05, 4.69) is 24.1 Å². The van der Waals surface area contributed by atoms with Crippen molar-refractivity contribution in [3.05, 3.63) is 0 Å². The van der Waals surface area contributed by atoms with Crippen molar-refractivity contribution < 1.29 is 6.16 Å². The number of piperidine rings is 1. The second-order valence-electron chi connectivity index (χ2n) is 5.22. The molecule has 0 unspecified atom stereocenters. The zero-order chi connectivity index (χ0) is 11.8. The van der Waals surface area contributed by atoms with E-state index in [4.69, 9.17) is 4.74 Å². The predicted molar refractivity (Wildman–Crippen MR) is 70.9 cm³/mol. The zero-order valence-electron chi connectivity index (χ0n) is 11.2. The molecule has 3 heteroatoms. The summed E-state index contributed by atoms with van der Waals surface area (Å²) < 4.78 is 5.87. The lowest BCUT2D eigenvalue weighted by Gasteiger charge is -2.32. The number of nitrogens with one attached hydrogen (secondary N) is 1. The molecule has 0 aromatic heterocycles. The molecule has 16 heavy (non-hydrogen) atoms. The molecular formula is C13H30N2O. The van der Waals surface area contributed by atoms with Crippen LogP contribution in [-0.2, 0) is 4.74 Å². The summed E-state index contributed by atoms with van der Waals surface area (Å²) in [5, 5.41) is 3.15. The van der Waals surface area contributed by atoms with E-state index in [1.165, 1.54) is 32.5 Å². The van der Waals surface area contributed by atoms with Crippen LogP contribution in [0.5, 0.6) is 0 Å². The highest BCUT2D eigenvalue weighted by atomic mass is 16.5. The van der Waals surface area contributed by atoms with Crippen LogP contribution in [0.25, 0.3) is 0 Å². The maximum Gasteiger partial charge on any atom is 0.0599 e. The SMILES string of the molecule is CNCCCOC1CCN(CC(C)C)CC1.[HH]. The minimum Gasteiger partial charge on any atom is -0.378 e. The van der Waals surface area contributed by atoms with Gasteiger partial charge in [0, 0.05) is 27.7 Å². The largest absolute Gasteiger partial charge is 0.378 e. The molecule has 1 aliphatic rings. The van der Waals surface area contributed by atoms with Crippen LogP contribution in [0.4, 0.5) is 0 Å². The monoisotopic (exact) mass is 230 g/mol. The Labute approximate surface area is 102 Å². The second kappa shape index (κ2) is 8.04. The smallest absolute Gasteiger partial charge is 0.0599 e. The molecule has 0 aromatic rings. The Morgan fingerprint density at radius 3 is 2.62 bits per heavy atom. The van der Waals surface area contributed by atoms with Crippen LogP contribution in [0.3, 0.4) is 0 Å². The van der Waals surface area contributed by atoms with Gasteiger partial charge in [-0.05, 0) is 38.8 Å². The van der Waals surface area contributed by atoms with Gasteiger partial charge in [-0.15, -0.1) is 0 Å². The topological polar surface area (TPSA) is 24.5 Å². The zero-order valence-corrected chi connectivity index (χ0v) is 11.2. The van der Waals surface area contributed by atoms with Crippen molar-refractivity contribution in [2.45, 2.75) is 39.2 Å². The first-order valence-electron chi connectivity index (χ1n) is 6.71. The van der Waals surface area contributed by atoms with Gasteiger partial charge in [0.25, 0.3) is 0 Å². The number of likely N-dealkylation sites (tertiary alicyclic amines) is 1. The minimum absolute atomic E-state index is 0.